The van der Waals surface area contributed by atoms with Gasteiger partial charge in [-0.3, -0.25) is 14.5 Å². The number of carboxylic acid groups (broad SMARTS) is 1. The van der Waals surface area contributed by atoms with Crippen LogP contribution < -0.4 is 15.0 Å². The zero-order chi connectivity index (χ0) is 17.9. The van der Waals surface area contributed by atoms with Gasteiger partial charge in [0.2, 0.25) is 5.91 Å². The summed E-state index contributed by atoms with van der Waals surface area (Å²) in [6, 6.07) is 4.15. The Labute approximate surface area is 148 Å². The summed E-state index contributed by atoms with van der Waals surface area (Å²) in [5.74, 6) is -1.35. The predicted octanol–water partition coefficient (Wildman–Crippen LogP) is 1.79. The maximum absolute atomic E-state index is 12.2. The molecule has 8 heteroatoms. The Bertz CT molecular complexity index is 662. The van der Waals surface area contributed by atoms with E-state index < -0.39 is 17.9 Å². The molecule has 1 unspecified atom stereocenters. The number of rotatable bonds is 6. The summed E-state index contributed by atoms with van der Waals surface area (Å²) in [4.78, 5) is 36.8. The number of carboxylic acids is 1. The molecule has 7 nitrogen and oxygen atoms in total. The van der Waals surface area contributed by atoms with Gasteiger partial charge in [-0.25, -0.2) is 4.79 Å². The number of amides is 2. The number of hydrogen-bond acceptors (Lipinski definition) is 4. The van der Waals surface area contributed by atoms with Gasteiger partial charge in [-0.15, -0.1) is 0 Å². The predicted molar refractivity (Wildman–Crippen MR) is 91.0 cm³/mol. The third kappa shape index (κ3) is 4.47. The van der Waals surface area contributed by atoms with Gasteiger partial charge < -0.3 is 15.2 Å². The first-order valence-electron chi connectivity index (χ1n) is 7.52. The molecule has 1 aliphatic heterocycles. The van der Waals surface area contributed by atoms with Gasteiger partial charge in [0.1, 0.15) is 18.3 Å². The van der Waals surface area contributed by atoms with Gasteiger partial charge in [0.25, 0.3) is 5.91 Å². The second kappa shape index (κ2) is 7.65. The summed E-state index contributed by atoms with van der Waals surface area (Å²) in [7, 11) is 0. The van der Waals surface area contributed by atoms with Crippen LogP contribution in [0.5, 0.6) is 5.75 Å². The summed E-state index contributed by atoms with van der Waals surface area (Å²) in [6.45, 7) is 3.34. The molecule has 0 spiro atoms. The second-order valence-electron chi connectivity index (χ2n) is 5.97. The molecule has 0 saturated carbocycles. The Kier molecular flexibility index (Phi) is 5.82. The largest absolute Gasteiger partial charge is 0.482 e. The van der Waals surface area contributed by atoms with Crippen LogP contribution in [0.1, 0.15) is 20.3 Å². The third-order valence-corrected chi connectivity index (χ3v) is 4.00. The molecule has 130 valence electrons. The van der Waals surface area contributed by atoms with E-state index in [1.54, 1.807) is 18.2 Å². The Balaban J connectivity index is 2.11. The summed E-state index contributed by atoms with van der Waals surface area (Å²) < 4.78 is 6.15. The second-order valence-corrected chi connectivity index (χ2v) is 6.88. The van der Waals surface area contributed by atoms with E-state index in [9.17, 15) is 19.5 Å². The summed E-state index contributed by atoms with van der Waals surface area (Å²) in [6.07, 6.45) is 0.321. The molecule has 1 atom stereocenters. The maximum atomic E-state index is 12.2. The fourth-order valence-corrected chi connectivity index (χ4v) is 2.77. The van der Waals surface area contributed by atoms with Gasteiger partial charge in [-0.2, -0.15) is 0 Å². The minimum absolute atomic E-state index is 0.120. The highest BCUT2D eigenvalue weighted by atomic mass is 79.9. The smallest absolute Gasteiger partial charge is 0.326 e. The minimum Gasteiger partial charge on any atom is -0.482 e. The van der Waals surface area contributed by atoms with Gasteiger partial charge in [0, 0.05) is 4.47 Å². The average Bonchev–Trinajstić information content (AvgIpc) is 2.49. The summed E-state index contributed by atoms with van der Waals surface area (Å²) >= 11 is 3.32. The number of halogens is 1. The topological polar surface area (TPSA) is 95.9 Å². The lowest BCUT2D eigenvalue weighted by atomic mass is 10.0. The molecule has 2 N–H and O–H groups in total. The van der Waals surface area contributed by atoms with Crippen LogP contribution >= 0.6 is 15.9 Å². The molecule has 0 aromatic heterocycles. The van der Waals surface area contributed by atoms with Crippen molar-refractivity contribution in [3.05, 3.63) is 22.7 Å². The van der Waals surface area contributed by atoms with E-state index >= 15 is 0 Å². The fraction of sp³-hybridized carbons (Fsp3) is 0.438. The molecular weight excluding hydrogens is 380 g/mol. The van der Waals surface area contributed by atoms with Crippen LogP contribution in [0, 0.1) is 5.92 Å². The summed E-state index contributed by atoms with van der Waals surface area (Å²) in [5, 5.41) is 11.7. The first kappa shape index (κ1) is 18.3. The number of benzene rings is 1. The quantitative estimate of drug-likeness (QED) is 0.761. The van der Waals surface area contributed by atoms with E-state index in [0.717, 1.165) is 4.47 Å². The standard InChI is InChI=1S/C16H19BrN2O5/c1-9(2)5-11(16(22)23)18-14(20)7-19-12-4-3-10(17)6-13(12)24-8-15(19)21/h3-4,6,9,11H,5,7-8H2,1-2H3,(H,18,20)(H,22,23). The van der Waals surface area contributed by atoms with Crippen LogP contribution in [0.25, 0.3) is 0 Å². The average molecular weight is 399 g/mol. The Morgan fingerprint density at radius 2 is 2.12 bits per heavy atom. The maximum Gasteiger partial charge on any atom is 0.326 e. The van der Waals surface area contributed by atoms with Gasteiger partial charge in [-0.1, -0.05) is 29.8 Å². The van der Waals surface area contributed by atoms with Crippen LogP contribution in [-0.4, -0.2) is 42.1 Å². The van der Waals surface area contributed by atoms with E-state index in [-0.39, 0.29) is 25.0 Å². The Hall–Kier alpha value is -2.09. The molecule has 0 bridgehead atoms. The number of anilines is 1. The number of carbonyl (C=O) groups excluding carboxylic acids is 2. The zero-order valence-corrected chi connectivity index (χ0v) is 15.0. The van der Waals surface area contributed by atoms with Crippen molar-refractivity contribution in [1.29, 1.82) is 0 Å². The lowest BCUT2D eigenvalue weighted by Crippen LogP contribution is -2.49. The summed E-state index contributed by atoms with van der Waals surface area (Å²) in [5.41, 5.74) is 0.486. The van der Waals surface area contributed by atoms with Gasteiger partial charge in [-0.05, 0) is 30.5 Å². The van der Waals surface area contributed by atoms with Crippen molar-refractivity contribution in [3.63, 3.8) is 0 Å². The first-order valence-corrected chi connectivity index (χ1v) is 8.32. The van der Waals surface area contributed by atoms with Crippen LogP contribution in [0.2, 0.25) is 0 Å². The van der Waals surface area contributed by atoms with Gasteiger partial charge in [0.05, 0.1) is 5.69 Å². The first-order chi connectivity index (χ1) is 11.3. The number of hydrogen-bond donors (Lipinski definition) is 2. The van der Waals surface area contributed by atoms with Crippen molar-refractivity contribution in [2.24, 2.45) is 5.92 Å². The Morgan fingerprint density at radius 1 is 1.42 bits per heavy atom. The molecule has 1 heterocycles. The zero-order valence-electron chi connectivity index (χ0n) is 13.4. The number of ether oxygens (including phenoxy) is 1. The molecular formula is C16H19BrN2O5. The molecule has 1 aliphatic rings. The molecule has 0 aliphatic carbocycles. The number of nitrogens with zero attached hydrogens (tertiary/aromatic N) is 1. The van der Waals surface area contributed by atoms with Gasteiger partial charge >= 0.3 is 5.97 Å². The fourth-order valence-electron chi connectivity index (χ4n) is 2.43. The van der Waals surface area contributed by atoms with E-state index in [2.05, 4.69) is 21.2 Å². The highest BCUT2D eigenvalue weighted by molar-refractivity contribution is 9.10. The molecule has 24 heavy (non-hydrogen) atoms. The molecule has 0 radical (unpaired) electrons. The molecule has 1 aromatic rings. The minimum atomic E-state index is -1.09. The van der Waals surface area contributed by atoms with Crippen molar-refractivity contribution >= 4 is 39.4 Å². The van der Waals surface area contributed by atoms with Crippen LogP contribution in [0.4, 0.5) is 5.69 Å². The molecule has 2 rings (SSSR count). The van der Waals surface area contributed by atoms with Crippen molar-refractivity contribution in [1.82, 2.24) is 5.32 Å². The Morgan fingerprint density at radius 3 is 2.75 bits per heavy atom. The lowest BCUT2D eigenvalue weighted by molar-refractivity contribution is -0.142. The van der Waals surface area contributed by atoms with Crippen molar-refractivity contribution in [3.8, 4) is 5.75 Å². The highest BCUT2D eigenvalue weighted by Gasteiger charge is 2.29. The molecule has 0 fully saturated rings. The van der Waals surface area contributed by atoms with E-state index in [0.29, 0.717) is 17.9 Å². The van der Waals surface area contributed by atoms with Crippen molar-refractivity contribution in [2.75, 3.05) is 18.1 Å². The normalized spacial score (nSPS) is 14.8. The number of fused-ring (bicyclic) bond motifs is 1. The van der Waals surface area contributed by atoms with Crippen molar-refractivity contribution < 1.29 is 24.2 Å². The number of carbonyl (C=O) groups is 3. The van der Waals surface area contributed by atoms with E-state index in [1.165, 1.54) is 4.90 Å². The third-order valence-electron chi connectivity index (χ3n) is 3.51. The number of aliphatic carboxylic acids is 1. The monoisotopic (exact) mass is 398 g/mol. The van der Waals surface area contributed by atoms with Gasteiger partial charge in [0.15, 0.2) is 6.61 Å². The van der Waals surface area contributed by atoms with E-state index in [1.807, 2.05) is 13.8 Å². The highest BCUT2D eigenvalue weighted by Crippen LogP contribution is 2.34. The van der Waals surface area contributed by atoms with E-state index in [4.69, 9.17) is 4.74 Å². The SMILES string of the molecule is CC(C)CC(NC(=O)CN1C(=O)COc2cc(Br)ccc21)C(=O)O. The van der Waals surface area contributed by atoms with Crippen LogP contribution in [0.3, 0.4) is 0 Å². The van der Waals surface area contributed by atoms with Crippen LogP contribution in [-0.2, 0) is 14.4 Å². The number of nitrogens with one attached hydrogen (secondary N) is 1. The molecule has 1 aromatic carbocycles. The van der Waals surface area contributed by atoms with Crippen molar-refractivity contribution in [2.45, 2.75) is 26.3 Å². The molecule has 0 saturated heterocycles. The lowest BCUT2D eigenvalue weighted by Gasteiger charge is -2.29. The van der Waals surface area contributed by atoms with Crippen LogP contribution in [0.15, 0.2) is 22.7 Å². The molecule has 2 amide bonds.